The third-order valence-electron chi connectivity index (χ3n) is 2.77. The van der Waals surface area contributed by atoms with Gasteiger partial charge in [0.15, 0.2) is 0 Å². The monoisotopic (exact) mass is 292 g/mol. The highest BCUT2D eigenvalue weighted by atomic mass is 32.2. The summed E-state index contributed by atoms with van der Waals surface area (Å²) in [6, 6.07) is 9.77. The lowest BCUT2D eigenvalue weighted by Crippen LogP contribution is -2.24. The van der Waals surface area contributed by atoms with E-state index in [1.54, 1.807) is 37.3 Å². The van der Waals surface area contributed by atoms with E-state index in [1.807, 2.05) is 0 Å². The van der Waals surface area contributed by atoms with Crippen LogP contribution in [0.1, 0.15) is 24.2 Å². The van der Waals surface area contributed by atoms with E-state index in [4.69, 9.17) is 5.73 Å². The highest BCUT2D eigenvalue weighted by Crippen LogP contribution is 2.15. The molecule has 0 radical (unpaired) electrons. The van der Waals surface area contributed by atoms with Crippen molar-refractivity contribution >= 4 is 10.0 Å². The van der Waals surface area contributed by atoms with Gasteiger partial charge in [-0.25, -0.2) is 13.1 Å². The van der Waals surface area contributed by atoms with E-state index >= 15 is 0 Å². The summed E-state index contributed by atoms with van der Waals surface area (Å²) in [5, 5.41) is 7.52. The van der Waals surface area contributed by atoms with Crippen LogP contribution in [0.25, 0.3) is 0 Å². The van der Waals surface area contributed by atoms with Crippen LogP contribution in [-0.2, 0) is 16.6 Å². The van der Waals surface area contributed by atoms with E-state index in [2.05, 4.69) is 14.9 Å². The SMILES string of the molecule is CC(N)c1cccc(S(=O)(=O)NCc2cccnn2)c1. The fraction of sp³-hybridized carbons (Fsp3) is 0.231. The summed E-state index contributed by atoms with van der Waals surface area (Å²) in [6.45, 7) is 1.90. The molecule has 1 heterocycles. The van der Waals surface area contributed by atoms with Gasteiger partial charge in [0.05, 0.1) is 17.1 Å². The van der Waals surface area contributed by atoms with Crippen molar-refractivity contribution < 1.29 is 8.42 Å². The standard InChI is InChI=1S/C13H16N4O2S/c1-10(14)11-4-2-6-13(8-11)20(18,19)16-9-12-5-3-7-15-17-12/h2-8,10,16H,9,14H2,1H3. The first kappa shape index (κ1) is 14.6. The topological polar surface area (TPSA) is 98.0 Å². The molecule has 1 unspecified atom stereocenters. The quantitative estimate of drug-likeness (QED) is 0.856. The Hall–Kier alpha value is -1.83. The Morgan fingerprint density at radius 2 is 2.10 bits per heavy atom. The third-order valence-corrected chi connectivity index (χ3v) is 4.16. The van der Waals surface area contributed by atoms with Crippen molar-refractivity contribution in [3.05, 3.63) is 53.9 Å². The molecule has 0 spiro atoms. The van der Waals surface area contributed by atoms with Crippen LogP contribution < -0.4 is 10.5 Å². The fourth-order valence-corrected chi connectivity index (χ4v) is 2.70. The minimum Gasteiger partial charge on any atom is -0.324 e. The highest BCUT2D eigenvalue weighted by molar-refractivity contribution is 7.89. The third kappa shape index (κ3) is 3.60. The van der Waals surface area contributed by atoms with Crippen LogP contribution in [-0.4, -0.2) is 18.6 Å². The number of rotatable bonds is 5. The van der Waals surface area contributed by atoms with Gasteiger partial charge in [-0.05, 0) is 36.8 Å². The lowest BCUT2D eigenvalue weighted by atomic mass is 10.1. The molecule has 0 aliphatic carbocycles. The number of aromatic nitrogens is 2. The molecule has 106 valence electrons. The summed E-state index contributed by atoms with van der Waals surface area (Å²) in [5.74, 6) is 0. The van der Waals surface area contributed by atoms with E-state index in [-0.39, 0.29) is 17.5 Å². The molecule has 0 aliphatic rings. The maximum atomic E-state index is 12.2. The fourth-order valence-electron chi connectivity index (χ4n) is 1.64. The van der Waals surface area contributed by atoms with E-state index in [1.165, 1.54) is 12.3 Å². The Morgan fingerprint density at radius 1 is 1.30 bits per heavy atom. The number of benzene rings is 1. The molecule has 2 aromatic rings. The Morgan fingerprint density at radius 3 is 2.75 bits per heavy atom. The van der Waals surface area contributed by atoms with E-state index in [0.29, 0.717) is 5.69 Å². The van der Waals surface area contributed by atoms with Crippen molar-refractivity contribution in [1.29, 1.82) is 0 Å². The van der Waals surface area contributed by atoms with Crippen molar-refractivity contribution in [3.63, 3.8) is 0 Å². The van der Waals surface area contributed by atoms with Crippen molar-refractivity contribution in [2.45, 2.75) is 24.4 Å². The average Bonchev–Trinajstić information content (AvgIpc) is 2.46. The second-order valence-corrected chi connectivity index (χ2v) is 6.17. The van der Waals surface area contributed by atoms with Gasteiger partial charge < -0.3 is 5.73 Å². The summed E-state index contributed by atoms with van der Waals surface area (Å²) in [4.78, 5) is 0.191. The first-order valence-electron chi connectivity index (χ1n) is 6.11. The first-order chi connectivity index (χ1) is 9.49. The molecule has 2 rings (SSSR count). The number of nitrogens with zero attached hydrogens (tertiary/aromatic N) is 2. The number of nitrogens with one attached hydrogen (secondary N) is 1. The number of sulfonamides is 1. The lowest BCUT2D eigenvalue weighted by Gasteiger charge is -2.09. The van der Waals surface area contributed by atoms with E-state index in [0.717, 1.165) is 5.56 Å². The van der Waals surface area contributed by atoms with Gasteiger partial charge in [-0.3, -0.25) is 0 Å². The molecule has 0 saturated carbocycles. The van der Waals surface area contributed by atoms with Crippen molar-refractivity contribution in [1.82, 2.24) is 14.9 Å². The van der Waals surface area contributed by atoms with Gasteiger partial charge in [-0.1, -0.05) is 12.1 Å². The maximum Gasteiger partial charge on any atom is 0.240 e. The summed E-state index contributed by atoms with van der Waals surface area (Å²) in [6.07, 6.45) is 1.53. The van der Waals surface area contributed by atoms with Crippen LogP contribution in [0.15, 0.2) is 47.5 Å². The Balaban J connectivity index is 2.16. The second kappa shape index (κ2) is 6.08. The number of nitrogens with two attached hydrogens (primary N) is 1. The van der Waals surface area contributed by atoms with Crippen LogP contribution in [0, 0.1) is 0 Å². The zero-order valence-corrected chi connectivity index (χ0v) is 11.8. The smallest absolute Gasteiger partial charge is 0.240 e. The molecule has 0 amide bonds. The number of hydrogen-bond acceptors (Lipinski definition) is 5. The van der Waals surface area contributed by atoms with Gasteiger partial charge >= 0.3 is 0 Å². The molecule has 0 aliphatic heterocycles. The maximum absolute atomic E-state index is 12.2. The molecule has 0 saturated heterocycles. The van der Waals surface area contributed by atoms with Crippen LogP contribution in [0.3, 0.4) is 0 Å². The first-order valence-corrected chi connectivity index (χ1v) is 7.59. The van der Waals surface area contributed by atoms with Crippen LogP contribution in [0.5, 0.6) is 0 Å². The minimum absolute atomic E-state index is 0.0958. The molecule has 1 aromatic heterocycles. The van der Waals surface area contributed by atoms with Crippen molar-refractivity contribution in [3.8, 4) is 0 Å². The van der Waals surface area contributed by atoms with Crippen LogP contribution in [0.2, 0.25) is 0 Å². The van der Waals surface area contributed by atoms with Crippen LogP contribution in [0.4, 0.5) is 0 Å². The molecule has 0 bridgehead atoms. The van der Waals surface area contributed by atoms with Crippen molar-refractivity contribution in [2.24, 2.45) is 5.73 Å². The predicted molar refractivity (Wildman–Crippen MR) is 75.1 cm³/mol. The number of hydrogen-bond donors (Lipinski definition) is 2. The van der Waals surface area contributed by atoms with E-state index < -0.39 is 10.0 Å². The summed E-state index contributed by atoms with van der Waals surface area (Å²) < 4.78 is 26.8. The Bertz CT molecular complexity index is 672. The van der Waals surface area contributed by atoms with Crippen molar-refractivity contribution in [2.75, 3.05) is 0 Å². The zero-order chi connectivity index (χ0) is 14.6. The second-order valence-electron chi connectivity index (χ2n) is 4.40. The molecular weight excluding hydrogens is 276 g/mol. The minimum atomic E-state index is -3.59. The highest BCUT2D eigenvalue weighted by Gasteiger charge is 2.15. The molecule has 3 N–H and O–H groups in total. The molecular formula is C13H16N4O2S. The van der Waals surface area contributed by atoms with Gasteiger partial charge in [-0.15, -0.1) is 0 Å². The largest absolute Gasteiger partial charge is 0.324 e. The normalized spacial score (nSPS) is 13.1. The molecule has 1 aromatic carbocycles. The van der Waals surface area contributed by atoms with Gasteiger partial charge in [0, 0.05) is 12.2 Å². The molecule has 7 heteroatoms. The zero-order valence-electron chi connectivity index (χ0n) is 11.0. The average molecular weight is 292 g/mol. The van der Waals surface area contributed by atoms with Gasteiger partial charge in [0.2, 0.25) is 10.0 Å². The summed E-state index contributed by atoms with van der Waals surface area (Å²) in [7, 11) is -3.59. The van der Waals surface area contributed by atoms with Gasteiger partial charge in [0.1, 0.15) is 0 Å². The molecule has 0 fully saturated rings. The predicted octanol–water partition coefficient (Wildman–Crippen LogP) is 0.975. The van der Waals surface area contributed by atoms with Gasteiger partial charge in [-0.2, -0.15) is 10.2 Å². The molecule has 20 heavy (non-hydrogen) atoms. The van der Waals surface area contributed by atoms with Crippen LogP contribution >= 0.6 is 0 Å². The lowest BCUT2D eigenvalue weighted by molar-refractivity contribution is 0.579. The molecule has 6 nitrogen and oxygen atoms in total. The summed E-state index contributed by atoms with van der Waals surface area (Å²) in [5.41, 5.74) is 7.08. The summed E-state index contributed by atoms with van der Waals surface area (Å²) >= 11 is 0. The van der Waals surface area contributed by atoms with E-state index in [9.17, 15) is 8.42 Å². The van der Waals surface area contributed by atoms with Gasteiger partial charge in [0.25, 0.3) is 0 Å². The molecule has 1 atom stereocenters. The Kier molecular flexibility index (Phi) is 4.43. The Labute approximate surface area is 118 Å².